The molecule has 0 bridgehead atoms. The van der Waals surface area contributed by atoms with Crippen LogP contribution in [-0.2, 0) is 11.2 Å². The molecule has 29 heavy (non-hydrogen) atoms. The van der Waals surface area contributed by atoms with Crippen molar-refractivity contribution < 1.29 is 14.3 Å². The van der Waals surface area contributed by atoms with Gasteiger partial charge in [-0.3, -0.25) is 5.32 Å². The molecule has 6 nitrogen and oxygen atoms in total. The molecule has 7 heteroatoms. The van der Waals surface area contributed by atoms with Crippen molar-refractivity contribution in [3.8, 4) is 17.6 Å². The van der Waals surface area contributed by atoms with E-state index in [-0.39, 0.29) is 17.5 Å². The Hall–Kier alpha value is -2.04. The van der Waals surface area contributed by atoms with Crippen LogP contribution in [0, 0.1) is 17.8 Å². The highest BCUT2D eigenvalue weighted by Gasteiger charge is 2.34. The van der Waals surface area contributed by atoms with Gasteiger partial charge < -0.3 is 19.7 Å². The Balaban J connectivity index is 1.63. The molecule has 158 valence electrons. The van der Waals surface area contributed by atoms with Crippen LogP contribution in [0.2, 0.25) is 0 Å². The number of amides is 1. The van der Waals surface area contributed by atoms with Gasteiger partial charge >= 0.3 is 6.09 Å². The summed E-state index contributed by atoms with van der Waals surface area (Å²) in [6.07, 6.45) is 0.549. The minimum absolute atomic E-state index is 0.0616. The van der Waals surface area contributed by atoms with Gasteiger partial charge in [0.1, 0.15) is 16.8 Å². The average Bonchev–Trinajstić information content (AvgIpc) is 3.22. The molecule has 0 saturated carbocycles. The Morgan fingerprint density at radius 3 is 2.90 bits per heavy atom. The highest BCUT2D eigenvalue weighted by atomic mass is 32.2. The Bertz CT molecular complexity index is 825. The maximum absolute atomic E-state index is 12.0. The second-order valence-corrected chi connectivity index (χ2v) is 9.59. The summed E-state index contributed by atoms with van der Waals surface area (Å²) >= 11 is 1.79. The van der Waals surface area contributed by atoms with Gasteiger partial charge in [0.05, 0.1) is 18.3 Å². The number of anilines is 1. The highest BCUT2D eigenvalue weighted by Crippen LogP contribution is 2.48. The molecule has 1 amide bonds. The van der Waals surface area contributed by atoms with Crippen LogP contribution in [0.4, 0.5) is 10.5 Å². The van der Waals surface area contributed by atoms with Gasteiger partial charge in [0.15, 0.2) is 0 Å². The highest BCUT2D eigenvalue weighted by molar-refractivity contribution is 8.00. The molecule has 3 atom stereocenters. The van der Waals surface area contributed by atoms with Crippen molar-refractivity contribution in [3.05, 3.63) is 17.7 Å². The maximum atomic E-state index is 12.0. The fraction of sp³-hybridized carbons (Fsp3) is 0.591. The van der Waals surface area contributed by atoms with Crippen LogP contribution in [0.3, 0.4) is 0 Å². The number of carbonyl (C=O) groups is 1. The number of hydrogen-bond acceptors (Lipinski definition) is 6. The summed E-state index contributed by atoms with van der Waals surface area (Å²) in [5, 5.41) is 6.52. The van der Waals surface area contributed by atoms with Crippen LogP contribution in [0.1, 0.15) is 40.2 Å². The second-order valence-electron chi connectivity index (χ2n) is 8.47. The van der Waals surface area contributed by atoms with Crippen molar-refractivity contribution in [3.63, 3.8) is 0 Å². The van der Waals surface area contributed by atoms with Crippen molar-refractivity contribution in [1.29, 1.82) is 0 Å². The maximum Gasteiger partial charge on any atom is 0.407 e. The topological polar surface area (TPSA) is 62.8 Å². The molecule has 3 rings (SSSR count). The molecule has 2 heterocycles. The second kappa shape index (κ2) is 8.76. The van der Waals surface area contributed by atoms with Crippen LogP contribution in [0.25, 0.3) is 0 Å². The number of alkyl carbamates (subject to hydrolysis) is 1. The summed E-state index contributed by atoms with van der Waals surface area (Å²) in [5.41, 5.74) is 2.12. The third-order valence-electron chi connectivity index (χ3n) is 4.91. The normalized spacial score (nSPS) is 19.4. The van der Waals surface area contributed by atoms with E-state index >= 15 is 0 Å². The number of fused-ring (bicyclic) bond motifs is 3. The fourth-order valence-electron chi connectivity index (χ4n) is 3.51. The number of benzene rings is 1. The molecule has 0 saturated heterocycles. The van der Waals surface area contributed by atoms with E-state index in [9.17, 15) is 4.79 Å². The largest absolute Gasteiger partial charge is 0.493 e. The van der Waals surface area contributed by atoms with Crippen molar-refractivity contribution in [2.45, 2.75) is 63.1 Å². The zero-order chi connectivity index (χ0) is 21.2. The first-order valence-electron chi connectivity index (χ1n) is 10.0. The lowest BCUT2D eigenvalue weighted by atomic mass is 10.0. The number of hydrogen-bond donors (Lipinski definition) is 2. The number of nitrogens with one attached hydrogen (secondary N) is 2. The van der Waals surface area contributed by atoms with Gasteiger partial charge in [-0.2, -0.15) is 0 Å². The first kappa shape index (κ1) is 21.7. The third-order valence-corrected chi connectivity index (χ3v) is 6.17. The number of nitrogens with zero attached hydrogens (tertiary/aromatic N) is 1. The van der Waals surface area contributed by atoms with Crippen LogP contribution in [0.5, 0.6) is 5.75 Å². The number of rotatable bonds is 5. The average molecular weight is 418 g/mol. The van der Waals surface area contributed by atoms with Crippen molar-refractivity contribution in [2.75, 3.05) is 25.1 Å². The lowest BCUT2D eigenvalue weighted by Crippen LogP contribution is -2.48. The number of carbonyl (C=O) groups excluding carboxylic acids is 1. The zero-order valence-corrected chi connectivity index (χ0v) is 18.9. The van der Waals surface area contributed by atoms with E-state index in [0.29, 0.717) is 6.54 Å². The minimum atomic E-state index is -0.507. The molecule has 1 aromatic rings. The fourth-order valence-corrected chi connectivity index (χ4v) is 4.76. The van der Waals surface area contributed by atoms with E-state index in [0.717, 1.165) is 18.8 Å². The van der Waals surface area contributed by atoms with E-state index in [1.165, 1.54) is 16.1 Å². The van der Waals surface area contributed by atoms with Gasteiger partial charge in [0, 0.05) is 36.4 Å². The molecule has 2 N–H and O–H groups in total. The summed E-state index contributed by atoms with van der Waals surface area (Å²) in [4.78, 5) is 15.5. The Labute approximate surface area is 178 Å². The lowest BCUT2D eigenvalue weighted by Gasteiger charge is -2.29. The molecular weight excluding hydrogens is 386 g/mol. The Morgan fingerprint density at radius 2 is 2.21 bits per heavy atom. The van der Waals surface area contributed by atoms with Crippen LogP contribution >= 0.6 is 11.8 Å². The molecule has 0 aliphatic carbocycles. The standard InChI is InChI=1S/C22H31N3O3S/c1-7-8-16(14(2)13-23-21(26)28-22(3,4)5)24-20-25(6)19-15-11-12-27-17(15)9-10-18(19)29-20/h9-10,14,16,20,24H,11-13H2,1-6H3,(H,23,26). The smallest absolute Gasteiger partial charge is 0.407 e. The van der Waals surface area contributed by atoms with Gasteiger partial charge in [0.2, 0.25) is 0 Å². The summed E-state index contributed by atoms with van der Waals surface area (Å²) in [6, 6.07) is 4.14. The molecule has 0 fully saturated rings. The van der Waals surface area contributed by atoms with Gasteiger partial charge in [-0.05, 0) is 39.8 Å². The van der Waals surface area contributed by atoms with E-state index in [1.54, 1.807) is 11.8 Å². The molecule has 0 spiro atoms. The monoisotopic (exact) mass is 417 g/mol. The van der Waals surface area contributed by atoms with Crippen molar-refractivity contribution in [1.82, 2.24) is 10.6 Å². The molecule has 0 aromatic heterocycles. The van der Waals surface area contributed by atoms with E-state index in [2.05, 4.69) is 53.5 Å². The third kappa shape index (κ3) is 5.12. The first-order chi connectivity index (χ1) is 13.7. The van der Waals surface area contributed by atoms with Gasteiger partial charge in [-0.15, -0.1) is 5.92 Å². The van der Waals surface area contributed by atoms with E-state index in [4.69, 9.17) is 9.47 Å². The Kier molecular flexibility index (Phi) is 6.55. The predicted molar refractivity (Wildman–Crippen MR) is 117 cm³/mol. The van der Waals surface area contributed by atoms with Crippen LogP contribution in [-0.4, -0.2) is 43.4 Å². The zero-order valence-electron chi connectivity index (χ0n) is 18.1. The van der Waals surface area contributed by atoms with Gasteiger partial charge in [0.25, 0.3) is 0 Å². The summed E-state index contributed by atoms with van der Waals surface area (Å²) in [5.74, 6) is 7.39. The Morgan fingerprint density at radius 1 is 1.45 bits per heavy atom. The molecule has 2 aliphatic rings. The first-order valence-corrected chi connectivity index (χ1v) is 10.9. The quantitative estimate of drug-likeness (QED) is 0.714. The molecule has 3 unspecified atom stereocenters. The molecule has 0 radical (unpaired) electrons. The van der Waals surface area contributed by atoms with Crippen molar-refractivity contribution in [2.24, 2.45) is 5.92 Å². The summed E-state index contributed by atoms with van der Waals surface area (Å²) in [6.45, 7) is 10.7. The number of thioether (sulfide) groups is 1. The van der Waals surface area contributed by atoms with Crippen LogP contribution in [0.15, 0.2) is 17.0 Å². The SMILES string of the molecule is CC#CC(NC1Sc2ccc3c(c2N1C)CCO3)C(C)CNC(=O)OC(C)(C)C. The van der Waals surface area contributed by atoms with Gasteiger partial charge in [-0.1, -0.05) is 24.6 Å². The molecule has 1 aromatic carbocycles. The summed E-state index contributed by atoms with van der Waals surface area (Å²) < 4.78 is 11.1. The van der Waals surface area contributed by atoms with E-state index < -0.39 is 11.7 Å². The summed E-state index contributed by atoms with van der Waals surface area (Å²) in [7, 11) is 2.11. The molecular formula is C22H31N3O3S. The van der Waals surface area contributed by atoms with Crippen LogP contribution < -0.4 is 20.3 Å². The predicted octanol–water partition coefficient (Wildman–Crippen LogP) is 3.59. The molecule has 2 aliphatic heterocycles. The van der Waals surface area contributed by atoms with E-state index in [1.807, 2.05) is 27.7 Å². The lowest BCUT2D eigenvalue weighted by molar-refractivity contribution is 0.0519. The minimum Gasteiger partial charge on any atom is -0.493 e. The number of ether oxygens (including phenoxy) is 2. The van der Waals surface area contributed by atoms with Crippen molar-refractivity contribution >= 4 is 23.5 Å². The van der Waals surface area contributed by atoms with Gasteiger partial charge in [-0.25, -0.2) is 4.79 Å².